The number of carbonyl (C=O) groups is 2. The highest BCUT2D eigenvalue weighted by atomic mass is 16.3. The van der Waals surface area contributed by atoms with Gasteiger partial charge in [0.15, 0.2) is 11.5 Å². The molecule has 3 aliphatic carbocycles. The summed E-state index contributed by atoms with van der Waals surface area (Å²) in [6, 6.07) is 0. The molecule has 0 aromatic rings. The fourth-order valence-corrected chi connectivity index (χ4v) is 5.42. The van der Waals surface area contributed by atoms with E-state index < -0.39 is 23.1 Å². The van der Waals surface area contributed by atoms with Crippen LogP contribution in [0.1, 0.15) is 59.8 Å². The van der Waals surface area contributed by atoms with Crippen molar-refractivity contribution in [3.05, 3.63) is 34.8 Å². The van der Waals surface area contributed by atoms with E-state index in [9.17, 15) is 19.8 Å². The average molecular weight is 344 g/mol. The van der Waals surface area contributed by atoms with Gasteiger partial charge in [-0.2, -0.15) is 0 Å². The molecule has 0 aliphatic heterocycles. The van der Waals surface area contributed by atoms with Gasteiger partial charge in [-0.15, -0.1) is 0 Å². The number of Topliss-reactive ketones (excluding diaryl/α,β-unsaturated/α-hetero) is 1. The standard InChI is InChI=1S/C21H28O4/c1-12-6-5-7-17-20(12,3)9-8-13(2)21(17,4)11-14-18(24)15(22)10-16(23)19(14)25/h6,10,13,17,22,25H,5,7-9,11H2,1-4H3/t13-,17?,20+,21+/m0/s1. The quantitative estimate of drug-likeness (QED) is 0.568. The Morgan fingerprint density at radius 1 is 1.20 bits per heavy atom. The highest BCUT2D eigenvalue weighted by Gasteiger charge is 2.54. The van der Waals surface area contributed by atoms with E-state index in [4.69, 9.17) is 0 Å². The Labute approximate surface area is 149 Å². The van der Waals surface area contributed by atoms with E-state index >= 15 is 0 Å². The highest BCUT2D eigenvalue weighted by Crippen LogP contribution is 2.62. The van der Waals surface area contributed by atoms with E-state index in [0.29, 0.717) is 18.3 Å². The molecule has 2 N–H and O–H groups in total. The lowest BCUT2D eigenvalue weighted by Gasteiger charge is -2.58. The molecule has 1 fully saturated rings. The summed E-state index contributed by atoms with van der Waals surface area (Å²) in [6.07, 6.45) is 7.71. The predicted octanol–water partition coefficient (Wildman–Crippen LogP) is 4.58. The Kier molecular flexibility index (Phi) is 4.21. The highest BCUT2D eigenvalue weighted by molar-refractivity contribution is 6.20. The van der Waals surface area contributed by atoms with Gasteiger partial charge in [-0.3, -0.25) is 9.59 Å². The topological polar surface area (TPSA) is 74.6 Å². The Morgan fingerprint density at radius 3 is 2.56 bits per heavy atom. The van der Waals surface area contributed by atoms with Crippen molar-refractivity contribution in [2.45, 2.75) is 59.8 Å². The van der Waals surface area contributed by atoms with Gasteiger partial charge in [0.2, 0.25) is 11.6 Å². The maximum absolute atomic E-state index is 12.4. The molecular weight excluding hydrogens is 316 g/mol. The summed E-state index contributed by atoms with van der Waals surface area (Å²) in [7, 11) is 0. The maximum atomic E-state index is 12.4. The Bertz CT molecular complexity index is 726. The monoisotopic (exact) mass is 344 g/mol. The molecule has 136 valence electrons. The second-order valence-corrected chi connectivity index (χ2v) is 8.61. The first-order valence-corrected chi connectivity index (χ1v) is 9.20. The van der Waals surface area contributed by atoms with Gasteiger partial charge >= 0.3 is 0 Å². The van der Waals surface area contributed by atoms with Gasteiger partial charge in [0.05, 0.1) is 0 Å². The van der Waals surface area contributed by atoms with Crippen LogP contribution in [0.2, 0.25) is 0 Å². The third-order valence-corrected chi connectivity index (χ3v) is 7.45. The van der Waals surface area contributed by atoms with Crippen LogP contribution in [0, 0.1) is 22.7 Å². The third kappa shape index (κ3) is 2.57. The molecule has 1 saturated carbocycles. The largest absolute Gasteiger partial charge is 0.504 e. The lowest BCUT2D eigenvalue weighted by Crippen LogP contribution is -2.50. The number of aliphatic hydroxyl groups excluding tert-OH is 2. The normalized spacial score (nSPS) is 39.0. The molecule has 0 heterocycles. The first kappa shape index (κ1) is 18.0. The van der Waals surface area contributed by atoms with Gasteiger partial charge in [-0.05, 0) is 61.7 Å². The fraction of sp³-hybridized carbons (Fsp3) is 0.619. The Balaban J connectivity index is 2.02. The number of allylic oxidation sites excluding steroid dienone is 4. The van der Waals surface area contributed by atoms with E-state index in [0.717, 1.165) is 31.8 Å². The zero-order valence-electron chi connectivity index (χ0n) is 15.6. The first-order chi connectivity index (χ1) is 11.6. The van der Waals surface area contributed by atoms with E-state index in [1.165, 1.54) is 5.57 Å². The molecule has 0 aromatic carbocycles. The van der Waals surface area contributed by atoms with Crippen molar-refractivity contribution in [2.24, 2.45) is 22.7 Å². The predicted molar refractivity (Wildman–Crippen MR) is 96.1 cm³/mol. The van der Waals surface area contributed by atoms with Crippen LogP contribution < -0.4 is 0 Å². The fourth-order valence-electron chi connectivity index (χ4n) is 5.42. The first-order valence-electron chi connectivity index (χ1n) is 9.20. The lowest BCUT2D eigenvalue weighted by atomic mass is 9.46. The van der Waals surface area contributed by atoms with Crippen LogP contribution >= 0.6 is 0 Å². The van der Waals surface area contributed by atoms with Crippen molar-refractivity contribution in [1.82, 2.24) is 0 Å². The Hall–Kier alpha value is -1.84. The number of aliphatic hydroxyl groups is 2. The number of ketones is 2. The molecule has 0 saturated heterocycles. The van der Waals surface area contributed by atoms with Gasteiger partial charge in [-0.1, -0.05) is 32.4 Å². The van der Waals surface area contributed by atoms with E-state index in [1.54, 1.807) is 0 Å². The van der Waals surface area contributed by atoms with Crippen LogP contribution in [0.4, 0.5) is 0 Å². The van der Waals surface area contributed by atoms with Crippen molar-refractivity contribution in [2.75, 3.05) is 0 Å². The zero-order chi connectivity index (χ0) is 18.6. The minimum atomic E-state index is -0.679. The molecule has 1 unspecified atom stereocenters. The van der Waals surface area contributed by atoms with Crippen LogP contribution in [0.15, 0.2) is 34.8 Å². The SMILES string of the molecule is CC1=CCCC2[C@](C)(CC3=C(O)C(=O)C=C(O)C3=O)[C@@H](C)CC[C@]12C. The lowest BCUT2D eigenvalue weighted by molar-refractivity contribution is -0.120. The van der Waals surface area contributed by atoms with Crippen LogP contribution in [0.5, 0.6) is 0 Å². The van der Waals surface area contributed by atoms with Gasteiger partial charge in [-0.25, -0.2) is 0 Å². The number of rotatable bonds is 2. The molecule has 3 rings (SSSR count). The van der Waals surface area contributed by atoms with Crippen molar-refractivity contribution in [3.63, 3.8) is 0 Å². The number of carbonyl (C=O) groups excluding carboxylic acids is 2. The minimum Gasteiger partial charge on any atom is -0.504 e. The van der Waals surface area contributed by atoms with Gasteiger partial charge < -0.3 is 10.2 Å². The average Bonchev–Trinajstić information content (AvgIpc) is 2.56. The third-order valence-electron chi connectivity index (χ3n) is 7.45. The molecule has 3 aliphatic rings. The number of hydrogen-bond donors (Lipinski definition) is 2. The van der Waals surface area contributed by atoms with Crippen molar-refractivity contribution in [1.29, 1.82) is 0 Å². The van der Waals surface area contributed by atoms with E-state index in [1.807, 2.05) is 0 Å². The summed E-state index contributed by atoms with van der Waals surface area (Å²) in [5, 5.41) is 20.0. The molecule has 4 atom stereocenters. The number of hydrogen-bond acceptors (Lipinski definition) is 4. The summed E-state index contributed by atoms with van der Waals surface area (Å²) >= 11 is 0. The molecule has 0 bridgehead atoms. The van der Waals surface area contributed by atoms with Crippen molar-refractivity contribution in [3.8, 4) is 0 Å². The molecule has 0 radical (unpaired) electrons. The van der Waals surface area contributed by atoms with Gasteiger partial charge in [0.1, 0.15) is 0 Å². The molecule has 0 spiro atoms. The second kappa shape index (κ2) is 5.86. The van der Waals surface area contributed by atoms with E-state index in [2.05, 4.69) is 33.8 Å². The van der Waals surface area contributed by atoms with Crippen LogP contribution in [0.3, 0.4) is 0 Å². The van der Waals surface area contributed by atoms with Crippen LogP contribution in [-0.4, -0.2) is 21.8 Å². The van der Waals surface area contributed by atoms with Crippen LogP contribution in [-0.2, 0) is 9.59 Å². The van der Waals surface area contributed by atoms with Gasteiger partial charge in [0.25, 0.3) is 0 Å². The van der Waals surface area contributed by atoms with Crippen molar-refractivity contribution >= 4 is 11.6 Å². The molecular formula is C21H28O4. The zero-order valence-corrected chi connectivity index (χ0v) is 15.6. The summed E-state index contributed by atoms with van der Waals surface area (Å²) < 4.78 is 0. The minimum absolute atomic E-state index is 0.0795. The number of fused-ring (bicyclic) bond motifs is 1. The van der Waals surface area contributed by atoms with E-state index in [-0.39, 0.29) is 16.4 Å². The summed E-state index contributed by atoms with van der Waals surface area (Å²) in [5.41, 5.74) is 1.37. The Morgan fingerprint density at radius 2 is 1.88 bits per heavy atom. The molecule has 0 amide bonds. The molecule has 25 heavy (non-hydrogen) atoms. The molecule has 4 heteroatoms. The summed E-state index contributed by atoms with van der Waals surface area (Å²) in [5.74, 6) is -1.60. The van der Waals surface area contributed by atoms with Crippen LogP contribution in [0.25, 0.3) is 0 Å². The summed E-state index contributed by atoms with van der Waals surface area (Å²) in [6.45, 7) is 8.90. The van der Waals surface area contributed by atoms with Gasteiger partial charge in [0, 0.05) is 11.6 Å². The second-order valence-electron chi connectivity index (χ2n) is 8.61. The summed E-state index contributed by atoms with van der Waals surface area (Å²) in [4.78, 5) is 24.3. The molecule has 4 nitrogen and oxygen atoms in total. The molecule has 0 aromatic heterocycles. The van der Waals surface area contributed by atoms with Crippen molar-refractivity contribution < 1.29 is 19.8 Å². The smallest absolute Gasteiger partial charge is 0.227 e. The maximum Gasteiger partial charge on any atom is 0.227 e.